The van der Waals surface area contributed by atoms with Crippen LogP contribution < -0.4 is 0 Å². The molecule has 1 aromatic rings. The van der Waals surface area contributed by atoms with Gasteiger partial charge >= 0.3 is 0 Å². The van der Waals surface area contributed by atoms with Crippen LogP contribution in [0.4, 0.5) is 0 Å². The van der Waals surface area contributed by atoms with Gasteiger partial charge in [0, 0.05) is 5.92 Å². The molecule has 1 amide bonds. The number of carbonyl (C=O) groups excluding carboxylic acids is 1. The first-order chi connectivity index (χ1) is 12.4. The minimum atomic E-state index is -0.802. The Labute approximate surface area is 154 Å². The van der Waals surface area contributed by atoms with Gasteiger partial charge in [0.15, 0.2) is 6.73 Å². The van der Waals surface area contributed by atoms with Crippen LogP contribution in [0.3, 0.4) is 0 Å². The molecule has 0 saturated carbocycles. The average molecular weight is 357 g/mol. The molecule has 0 spiro atoms. The Hall–Kier alpha value is -2.11. The molecule has 26 heavy (non-hydrogen) atoms. The molecule has 1 aliphatic carbocycles. The fraction of sp³-hybridized carbons (Fsp3) is 0.476. The van der Waals surface area contributed by atoms with Crippen molar-refractivity contribution in [2.45, 2.75) is 45.3 Å². The fourth-order valence-electron chi connectivity index (χ4n) is 3.82. The van der Waals surface area contributed by atoms with Crippen LogP contribution in [0.25, 0.3) is 5.57 Å². The van der Waals surface area contributed by atoms with Crippen LogP contribution in [-0.4, -0.2) is 46.0 Å². The summed E-state index contributed by atoms with van der Waals surface area (Å²) in [7, 11) is 0. The summed E-state index contributed by atoms with van der Waals surface area (Å²) in [5, 5.41) is 20.3. The molecule has 3 rings (SSSR count). The van der Waals surface area contributed by atoms with Gasteiger partial charge in [-0.3, -0.25) is 9.69 Å². The van der Waals surface area contributed by atoms with E-state index in [1.165, 1.54) is 0 Å². The van der Waals surface area contributed by atoms with Crippen LogP contribution in [-0.2, 0) is 9.53 Å². The normalized spacial score (nSPS) is 22.3. The summed E-state index contributed by atoms with van der Waals surface area (Å²) in [4.78, 5) is 14.9. The molecule has 5 nitrogen and oxygen atoms in total. The Morgan fingerprint density at radius 3 is 2.62 bits per heavy atom. The SMILES string of the molecule is CC1=C(c2ccccc2)C(=O)N(C(C)(C)C(O)C2C=C(CO)CC2)CO1. The Bertz CT molecular complexity index is 736. The van der Waals surface area contributed by atoms with Crippen molar-refractivity contribution in [2.24, 2.45) is 5.92 Å². The number of carbonyl (C=O) groups is 1. The van der Waals surface area contributed by atoms with Crippen molar-refractivity contribution in [3.8, 4) is 0 Å². The van der Waals surface area contributed by atoms with Gasteiger partial charge in [0.05, 0.1) is 23.8 Å². The Morgan fingerprint density at radius 1 is 1.31 bits per heavy atom. The summed E-state index contributed by atoms with van der Waals surface area (Å²) in [6.45, 7) is 5.68. The van der Waals surface area contributed by atoms with Crippen LogP contribution in [0, 0.1) is 5.92 Å². The molecule has 2 N–H and O–H groups in total. The summed E-state index contributed by atoms with van der Waals surface area (Å²) in [5.41, 5.74) is 1.50. The third-order valence-corrected chi connectivity index (χ3v) is 5.56. The molecule has 5 heteroatoms. The first-order valence-corrected chi connectivity index (χ1v) is 9.05. The first-order valence-electron chi connectivity index (χ1n) is 9.05. The van der Waals surface area contributed by atoms with Crippen LogP contribution in [0.2, 0.25) is 0 Å². The highest BCUT2D eigenvalue weighted by molar-refractivity contribution is 6.20. The highest BCUT2D eigenvalue weighted by atomic mass is 16.5. The second-order valence-corrected chi connectivity index (χ2v) is 7.59. The van der Waals surface area contributed by atoms with Crippen molar-refractivity contribution in [1.82, 2.24) is 4.90 Å². The molecular weight excluding hydrogens is 330 g/mol. The smallest absolute Gasteiger partial charge is 0.261 e. The van der Waals surface area contributed by atoms with E-state index in [9.17, 15) is 15.0 Å². The topological polar surface area (TPSA) is 70.0 Å². The molecule has 0 radical (unpaired) electrons. The second kappa shape index (κ2) is 7.25. The number of rotatable bonds is 5. The minimum Gasteiger partial charge on any atom is -0.477 e. The summed E-state index contributed by atoms with van der Waals surface area (Å²) < 4.78 is 5.79. The number of nitrogens with zero attached hydrogens (tertiary/aromatic N) is 1. The van der Waals surface area contributed by atoms with E-state index < -0.39 is 11.6 Å². The van der Waals surface area contributed by atoms with Crippen molar-refractivity contribution < 1.29 is 19.7 Å². The zero-order valence-electron chi connectivity index (χ0n) is 15.6. The molecule has 1 heterocycles. The quantitative estimate of drug-likeness (QED) is 0.795. The molecule has 0 bridgehead atoms. The van der Waals surface area contributed by atoms with E-state index in [-0.39, 0.29) is 25.2 Å². The largest absolute Gasteiger partial charge is 0.477 e. The summed E-state index contributed by atoms with van der Waals surface area (Å²) in [5.74, 6) is 0.395. The maximum absolute atomic E-state index is 13.2. The highest BCUT2D eigenvalue weighted by Gasteiger charge is 2.44. The lowest BCUT2D eigenvalue weighted by molar-refractivity contribution is -0.147. The second-order valence-electron chi connectivity index (χ2n) is 7.59. The average Bonchev–Trinajstić information content (AvgIpc) is 3.11. The highest BCUT2D eigenvalue weighted by Crippen LogP contribution is 2.37. The molecular formula is C21H27NO4. The zero-order chi connectivity index (χ0) is 18.9. The zero-order valence-corrected chi connectivity index (χ0v) is 15.6. The summed E-state index contributed by atoms with van der Waals surface area (Å²) in [6, 6.07) is 9.47. The minimum absolute atomic E-state index is 0.0233. The van der Waals surface area contributed by atoms with Crippen molar-refractivity contribution in [3.05, 3.63) is 53.3 Å². The number of allylic oxidation sites excluding steroid dienone is 1. The van der Waals surface area contributed by atoms with Gasteiger partial charge in [-0.15, -0.1) is 0 Å². The van der Waals surface area contributed by atoms with Gasteiger partial charge in [-0.1, -0.05) is 36.4 Å². The number of aliphatic hydroxyl groups is 2. The molecule has 0 aromatic heterocycles. The fourth-order valence-corrected chi connectivity index (χ4v) is 3.82. The molecule has 1 aliphatic heterocycles. The van der Waals surface area contributed by atoms with Gasteiger partial charge in [-0.2, -0.15) is 0 Å². The van der Waals surface area contributed by atoms with Crippen molar-refractivity contribution in [1.29, 1.82) is 0 Å². The van der Waals surface area contributed by atoms with Gasteiger partial charge in [0.2, 0.25) is 0 Å². The summed E-state index contributed by atoms with van der Waals surface area (Å²) >= 11 is 0. The molecule has 2 atom stereocenters. The Kier molecular flexibility index (Phi) is 5.21. The first kappa shape index (κ1) is 18.7. The standard InChI is InChI=1S/C21H27NO4/c1-14-18(16-7-5-4-6-8-16)20(25)22(13-26-14)21(2,3)19(24)17-10-9-15(11-17)12-23/h4-8,11,17,19,23-24H,9-10,12-13H2,1-3H3. The van der Waals surface area contributed by atoms with Crippen LogP contribution in [0.15, 0.2) is 47.7 Å². The van der Waals surface area contributed by atoms with E-state index in [0.29, 0.717) is 11.3 Å². The maximum atomic E-state index is 13.2. The van der Waals surface area contributed by atoms with Crippen LogP contribution in [0.1, 0.15) is 39.2 Å². The lowest BCUT2D eigenvalue weighted by Gasteiger charge is -2.45. The van der Waals surface area contributed by atoms with E-state index in [1.54, 1.807) is 11.8 Å². The number of hydrogen-bond donors (Lipinski definition) is 2. The van der Waals surface area contributed by atoms with E-state index in [4.69, 9.17) is 4.74 Å². The van der Waals surface area contributed by atoms with E-state index in [1.807, 2.05) is 50.3 Å². The number of aliphatic hydroxyl groups excluding tert-OH is 2. The molecule has 0 saturated heterocycles. The molecule has 2 unspecified atom stereocenters. The number of ether oxygens (including phenoxy) is 1. The van der Waals surface area contributed by atoms with Crippen LogP contribution >= 0.6 is 0 Å². The van der Waals surface area contributed by atoms with Gasteiger partial charge in [-0.05, 0) is 44.7 Å². The number of amides is 1. The third-order valence-electron chi connectivity index (χ3n) is 5.56. The molecule has 140 valence electrons. The monoisotopic (exact) mass is 357 g/mol. The lowest BCUT2D eigenvalue weighted by Crippen LogP contribution is -2.58. The number of benzene rings is 1. The van der Waals surface area contributed by atoms with Crippen molar-refractivity contribution in [3.63, 3.8) is 0 Å². The van der Waals surface area contributed by atoms with E-state index in [0.717, 1.165) is 24.0 Å². The summed E-state index contributed by atoms with van der Waals surface area (Å²) in [6.07, 6.45) is 2.77. The Morgan fingerprint density at radius 2 is 2.00 bits per heavy atom. The molecule has 0 fully saturated rings. The molecule has 1 aromatic carbocycles. The van der Waals surface area contributed by atoms with Gasteiger partial charge < -0.3 is 14.9 Å². The van der Waals surface area contributed by atoms with Gasteiger partial charge in [-0.25, -0.2) is 0 Å². The van der Waals surface area contributed by atoms with E-state index in [2.05, 4.69) is 0 Å². The van der Waals surface area contributed by atoms with Crippen molar-refractivity contribution >= 4 is 11.5 Å². The third kappa shape index (κ3) is 3.29. The predicted octanol–water partition coefficient (Wildman–Crippen LogP) is 2.70. The number of hydrogen-bond acceptors (Lipinski definition) is 4. The predicted molar refractivity (Wildman–Crippen MR) is 99.8 cm³/mol. The molecule has 2 aliphatic rings. The van der Waals surface area contributed by atoms with Crippen LogP contribution in [0.5, 0.6) is 0 Å². The Balaban J connectivity index is 1.87. The van der Waals surface area contributed by atoms with Gasteiger partial charge in [0.25, 0.3) is 5.91 Å². The lowest BCUT2D eigenvalue weighted by atomic mass is 9.84. The van der Waals surface area contributed by atoms with E-state index >= 15 is 0 Å². The maximum Gasteiger partial charge on any atom is 0.261 e. The van der Waals surface area contributed by atoms with Crippen molar-refractivity contribution in [2.75, 3.05) is 13.3 Å². The van der Waals surface area contributed by atoms with Gasteiger partial charge in [0.1, 0.15) is 5.76 Å².